The van der Waals surface area contributed by atoms with E-state index in [2.05, 4.69) is 16.7 Å². The molecule has 2 atom stereocenters. The first-order valence-corrected chi connectivity index (χ1v) is 12.0. The number of nitrogens with one attached hydrogen (secondary N) is 2. The first-order chi connectivity index (χ1) is 17.2. The molecule has 1 heterocycles. The molecule has 0 unspecified atom stereocenters. The van der Waals surface area contributed by atoms with Crippen molar-refractivity contribution in [2.75, 3.05) is 25.3 Å². The lowest BCUT2D eigenvalue weighted by Crippen LogP contribution is -2.44. The number of esters is 2. The lowest BCUT2D eigenvalue weighted by molar-refractivity contribution is -0.150. The van der Waals surface area contributed by atoms with Crippen LogP contribution >= 0.6 is 23.4 Å². The number of nitriles is 1. The summed E-state index contributed by atoms with van der Waals surface area (Å²) in [6.45, 7) is 1.84. The van der Waals surface area contributed by atoms with Crippen molar-refractivity contribution in [1.29, 1.82) is 5.26 Å². The minimum absolute atomic E-state index is 0.0898. The average Bonchev–Trinajstić information content (AvgIpc) is 2.88. The van der Waals surface area contributed by atoms with Gasteiger partial charge in [0.1, 0.15) is 5.92 Å². The summed E-state index contributed by atoms with van der Waals surface area (Å²) in [6, 6.07) is 13.2. The van der Waals surface area contributed by atoms with Gasteiger partial charge in [0.25, 0.3) is 0 Å². The Kier molecular flexibility index (Phi) is 8.74. The van der Waals surface area contributed by atoms with Crippen molar-refractivity contribution in [3.05, 3.63) is 74.8 Å². The molecule has 0 saturated heterocycles. The van der Waals surface area contributed by atoms with Gasteiger partial charge < -0.3 is 20.1 Å². The monoisotopic (exact) mass is 527 g/mol. The summed E-state index contributed by atoms with van der Waals surface area (Å²) in [4.78, 5) is 49.7. The smallest absolute Gasteiger partial charge is 0.337 e. The molecule has 0 spiro atoms. The van der Waals surface area contributed by atoms with Gasteiger partial charge in [0.15, 0.2) is 0 Å². The van der Waals surface area contributed by atoms with Crippen molar-refractivity contribution >= 4 is 52.8 Å². The first-order valence-electron chi connectivity index (χ1n) is 10.6. The molecule has 2 aromatic carbocycles. The lowest BCUT2D eigenvalue weighted by Gasteiger charge is -2.31. The zero-order valence-corrected chi connectivity index (χ0v) is 21.2. The number of benzene rings is 2. The number of carbonyl (C=O) groups is 4. The van der Waals surface area contributed by atoms with Gasteiger partial charge in [0, 0.05) is 16.6 Å². The number of amides is 2. The Morgan fingerprint density at radius 3 is 2.42 bits per heavy atom. The maximum Gasteiger partial charge on any atom is 0.337 e. The van der Waals surface area contributed by atoms with Crippen LogP contribution in [0.25, 0.3) is 0 Å². The Hall–Kier alpha value is -3.81. The van der Waals surface area contributed by atoms with E-state index in [4.69, 9.17) is 21.1 Å². The highest BCUT2D eigenvalue weighted by atomic mass is 35.5. The van der Waals surface area contributed by atoms with E-state index in [0.29, 0.717) is 16.3 Å². The third-order valence-corrected chi connectivity index (χ3v) is 6.90. The summed E-state index contributed by atoms with van der Waals surface area (Å²) in [5, 5.41) is 15.9. The van der Waals surface area contributed by atoms with Gasteiger partial charge in [-0.15, -0.1) is 0 Å². The molecule has 2 aromatic rings. The number of rotatable bonds is 7. The molecule has 2 N–H and O–H groups in total. The quantitative estimate of drug-likeness (QED) is 0.412. The van der Waals surface area contributed by atoms with E-state index in [1.54, 1.807) is 30.3 Å². The average molecular weight is 528 g/mol. The molecule has 2 amide bonds. The molecule has 0 aromatic heterocycles. The van der Waals surface area contributed by atoms with Gasteiger partial charge in [0.2, 0.25) is 11.8 Å². The Bertz CT molecular complexity index is 1290. The van der Waals surface area contributed by atoms with Gasteiger partial charge in [-0.25, -0.2) is 4.79 Å². The number of aryl methyl sites for hydroxylation is 1. The Balaban J connectivity index is 1.90. The molecule has 0 fully saturated rings. The van der Waals surface area contributed by atoms with Crippen molar-refractivity contribution < 1.29 is 28.7 Å². The second-order valence-corrected chi connectivity index (χ2v) is 9.13. The van der Waals surface area contributed by atoms with Crippen molar-refractivity contribution in [3.63, 3.8) is 0 Å². The third kappa shape index (κ3) is 5.87. The zero-order valence-electron chi connectivity index (χ0n) is 19.6. The SMILES string of the molecule is COC(=O)c1ccc([C@@H]2C(C#N)=C(SCC(=O)Nc3ccc(C)c(Cl)c3)NC(=O)[C@@H]2C(=O)OC)cc1. The molecular weight excluding hydrogens is 506 g/mol. The van der Waals surface area contributed by atoms with Crippen LogP contribution in [0, 0.1) is 24.2 Å². The van der Waals surface area contributed by atoms with Crippen LogP contribution in [0.2, 0.25) is 5.02 Å². The second-order valence-electron chi connectivity index (χ2n) is 7.74. The van der Waals surface area contributed by atoms with Gasteiger partial charge in [-0.1, -0.05) is 41.6 Å². The van der Waals surface area contributed by atoms with Crippen molar-refractivity contribution in [3.8, 4) is 6.07 Å². The topological polar surface area (TPSA) is 135 Å². The highest BCUT2D eigenvalue weighted by molar-refractivity contribution is 8.03. The van der Waals surface area contributed by atoms with Crippen molar-refractivity contribution in [1.82, 2.24) is 5.32 Å². The summed E-state index contributed by atoms with van der Waals surface area (Å²) < 4.78 is 9.51. The summed E-state index contributed by atoms with van der Waals surface area (Å²) >= 11 is 7.05. The van der Waals surface area contributed by atoms with Crippen LogP contribution in [-0.2, 0) is 23.9 Å². The fourth-order valence-electron chi connectivity index (χ4n) is 3.63. The number of methoxy groups -OCH3 is 2. The number of halogens is 1. The van der Waals surface area contributed by atoms with Gasteiger partial charge in [0.05, 0.1) is 42.2 Å². The van der Waals surface area contributed by atoms with Crippen molar-refractivity contribution in [2.24, 2.45) is 5.92 Å². The molecule has 1 aliphatic heterocycles. The Morgan fingerprint density at radius 2 is 1.83 bits per heavy atom. The van der Waals surface area contributed by atoms with E-state index in [0.717, 1.165) is 24.4 Å². The minimum atomic E-state index is -1.33. The van der Waals surface area contributed by atoms with Gasteiger partial charge in [-0.3, -0.25) is 14.4 Å². The Morgan fingerprint density at radius 1 is 1.14 bits per heavy atom. The summed E-state index contributed by atoms with van der Waals surface area (Å²) in [5.74, 6) is -4.86. The normalized spacial score (nSPS) is 17.0. The van der Waals surface area contributed by atoms with Crippen LogP contribution in [0.5, 0.6) is 0 Å². The standard InChI is InChI=1S/C25H22ClN3O6S/c1-13-4-9-16(10-18(13)26)28-19(30)12-36-23-17(11-27)20(21(22(31)29-23)25(33)35-3)14-5-7-15(8-6-14)24(32)34-2/h4-10,20-21H,12H2,1-3H3,(H,28,30)(H,29,31)/t20-,21-/m1/s1. The van der Waals surface area contributed by atoms with E-state index >= 15 is 0 Å². The molecule has 9 nitrogen and oxygen atoms in total. The number of nitrogens with zero attached hydrogens (tertiary/aromatic N) is 1. The first kappa shape index (κ1) is 26.8. The molecule has 186 valence electrons. The predicted octanol–water partition coefficient (Wildman–Crippen LogP) is 3.54. The fourth-order valence-corrected chi connectivity index (χ4v) is 4.66. The molecular formula is C25H22ClN3O6S. The van der Waals surface area contributed by atoms with E-state index < -0.39 is 29.7 Å². The number of carbonyl (C=O) groups excluding carboxylic acids is 4. The maximum absolute atomic E-state index is 12.9. The van der Waals surface area contributed by atoms with E-state index in [-0.39, 0.29) is 27.8 Å². The third-order valence-electron chi connectivity index (χ3n) is 5.48. The van der Waals surface area contributed by atoms with E-state index in [1.165, 1.54) is 19.2 Å². The van der Waals surface area contributed by atoms with Gasteiger partial charge in [-0.2, -0.15) is 5.26 Å². The summed E-state index contributed by atoms with van der Waals surface area (Å²) in [5.41, 5.74) is 2.17. The van der Waals surface area contributed by atoms with Crippen LogP contribution in [0.1, 0.15) is 27.4 Å². The highest BCUT2D eigenvalue weighted by Crippen LogP contribution is 2.40. The maximum atomic E-state index is 12.9. The van der Waals surface area contributed by atoms with Gasteiger partial charge in [-0.05, 0) is 42.3 Å². The molecule has 1 aliphatic rings. The number of allylic oxidation sites excluding steroid dienone is 1. The van der Waals surface area contributed by atoms with Crippen LogP contribution in [0.3, 0.4) is 0 Å². The number of hydrogen-bond donors (Lipinski definition) is 2. The predicted molar refractivity (Wildman–Crippen MR) is 134 cm³/mol. The van der Waals surface area contributed by atoms with E-state index in [9.17, 15) is 24.4 Å². The molecule has 3 rings (SSSR count). The number of anilines is 1. The lowest BCUT2D eigenvalue weighted by atomic mass is 9.78. The molecule has 11 heteroatoms. The summed E-state index contributed by atoms with van der Waals surface area (Å²) in [7, 11) is 2.40. The van der Waals surface area contributed by atoms with Crippen LogP contribution in [0.15, 0.2) is 53.1 Å². The molecule has 36 heavy (non-hydrogen) atoms. The van der Waals surface area contributed by atoms with Gasteiger partial charge >= 0.3 is 11.9 Å². The van der Waals surface area contributed by atoms with Crippen LogP contribution in [0.4, 0.5) is 5.69 Å². The number of hydrogen-bond acceptors (Lipinski definition) is 8. The Labute approximate surface area is 216 Å². The number of thioether (sulfide) groups is 1. The second kappa shape index (κ2) is 11.7. The molecule has 0 bridgehead atoms. The zero-order chi connectivity index (χ0) is 26.4. The number of ether oxygens (including phenoxy) is 2. The van der Waals surface area contributed by atoms with Crippen LogP contribution < -0.4 is 10.6 Å². The fraction of sp³-hybridized carbons (Fsp3) is 0.240. The van der Waals surface area contributed by atoms with E-state index in [1.807, 2.05) is 6.92 Å². The minimum Gasteiger partial charge on any atom is -0.468 e. The molecule has 0 radical (unpaired) electrons. The molecule has 0 saturated carbocycles. The molecule has 0 aliphatic carbocycles. The van der Waals surface area contributed by atoms with Crippen molar-refractivity contribution in [2.45, 2.75) is 12.8 Å². The van der Waals surface area contributed by atoms with Crippen LogP contribution in [-0.4, -0.2) is 43.7 Å². The largest absolute Gasteiger partial charge is 0.468 e. The summed E-state index contributed by atoms with van der Waals surface area (Å²) in [6.07, 6.45) is 0. The highest BCUT2D eigenvalue weighted by Gasteiger charge is 2.44.